The van der Waals surface area contributed by atoms with Crippen molar-refractivity contribution >= 4 is 21.8 Å². The molecule has 0 saturated heterocycles. The first-order valence-corrected chi connectivity index (χ1v) is 15.6. The first kappa shape index (κ1) is 31.8. The van der Waals surface area contributed by atoms with E-state index in [2.05, 4.69) is 17.0 Å². The van der Waals surface area contributed by atoms with Gasteiger partial charge in [-0.05, 0) is 53.8 Å². The van der Waals surface area contributed by atoms with Gasteiger partial charge in [0.2, 0.25) is 21.8 Å². The van der Waals surface area contributed by atoms with Crippen LogP contribution >= 0.6 is 0 Å². The number of hydrogen-bond acceptors (Lipinski definition) is 5. The van der Waals surface area contributed by atoms with E-state index in [4.69, 9.17) is 4.74 Å². The molecule has 3 aromatic carbocycles. The number of aryl methyl sites for hydroxylation is 1. The standard InChI is InChI=1S/C32H41N3O5S/c1-4-6-22-33-32(37)30(23-26-10-8-7-9-11-26)35(24-27-12-17-28(40-3)18-13-27)31(36)21-16-25-14-19-29(20-15-25)41(38,39)34-5-2/h7-15,17-20,30,34H,4-6,16,21-24H2,1-3H3,(H,33,37)/t30-/m1/s1. The molecule has 9 heteroatoms. The first-order valence-electron chi connectivity index (χ1n) is 14.1. The third-order valence-corrected chi connectivity index (χ3v) is 8.37. The van der Waals surface area contributed by atoms with Crippen LogP contribution in [0.2, 0.25) is 0 Å². The minimum absolute atomic E-state index is 0.156. The second-order valence-corrected chi connectivity index (χ2v) is 11.6. The number of carbonyl (C=O) groups is 2. The molecule has 0 saturated carbocycles. The van der Waals surface area contributed by atoms with Crippen molar-refractivity contribution in [2.75, 3.05) is 20.2 Å². The van der Waals surface area contributed by atoms with Crippen LogP contribution in [-0.4, -0.2) is 51.4 Å². The number of methoxy groups -OCH3 is 1. The predicted molar refractivity (Wildman–Crippen MR) is 161 cm³/mol. The number of nitrogens with one attached hydrogen (secondary N) is 2. The van der Waals surface area contributed by atoms with Crippen LogP contribution in [0.1, 0.15) is 49.8 Å². The number of carbonyl (C=O) groups excluding carboxylic acids is 2. The Labute approximate surface area is 244 Å². The molecule has 0 spiro atoms. The minimum Gasteiger partial charge on any atom is -0.497 e. The Morgan fingerprint density at radius 1 is 0.878 bits per heavy atom. The summed E-state index contributed by atoms with van der Waals surface area (Å²) < 4.78 is 32.3. The van der Waals surface area contributed by atoms with Crippen LogP contribution in [0.5, 0.6) is 5.75 Å². The van der Waals surface area contributed by atoms with Gasteiger partial charge < -0.3 is 15.0 Å². The average molecular weight is 580 g/mol. The molecular formula is C32H41N3O5S. The Hall–Kier alpha value is -3.69. The first-order chi connectivity index (χ1) is 19.8. The second kappa shape index (κ2) is 15.9. The fraction of sp³-hybridized carbons (Fsp3) is 0.375. The topological polar surface area (TPSA) is 105 Å². The van der Waals surface area contributed by atoms with Crippen LogP contribution in [0.3, 0.4) is 0 Å². The molecule has 0 aliphatic rings. The van der Waals surface area contributed by atoms with E-state index in [1.165, 1.54) is 0 Å². The summed E-state index contributed by atoms with van der Waals surface area (Å²) in [5.41, 5.74) is 2.69. The lowest BCUT2D eigenvalue weighted by Crippen LogP contribution is -2.50. The van der Waals surface area contributed by atoms with Crippen molar-refractivity contribution in [3.8, 4) is 5.75 Å². The summed E-state index contributed by atoms with van der Waals surface area (Å²) in [5, 5.41) is 3.03. The molecule has 0 heterocycles. The maximum atomic E-state index is 13.8. The highest BCUT2D eigenvalue weighted by Crippen LogP contribution is 2.19. The Morgan fingerprint density at radius 3 is 2.15 bits per heavy atom. The van der Waals surface area contributed by atoms with Crippen molar-refractivity contribution in [1.29, 1.82) is 0 Å². The Bertz CT molecular complexity index is 1340. The van der Waals surface area contributed by atoms with E-state index in [0.29, 0.717) is 31.7 Å². The van der Waals surface area contributed by atoms with Gasteiger partial charge in [0.15, 0.2) is 0 Å². The van der Waals surface area contributed by atoms with Crippen LogP contribution in [0.4, 0.5) is 0 Å². The zero-order valence-electron chi connectivity index (χ0n) is 24.1. The second-order valence-electron chi connectivity index (χ2n) is 9.87. The number of ether oxygens (including phenoxy) is 1. The number of amides is 2. The molecule has 0 aromatic heterocycles. The van der Waals surface area contributed by atoms with Crippen molar-refractivity contribution in [2.45, 2.75) is 63.4 Å². The van der Waals surface area contributed by atoms with Gasteiger partial charge in [-0.1, -0.05) is 74.9 Å². The van der Waals surface area contributed by atoms with Gasteiger partial charge >= 0.3 is 0 Å². The van der Waals surface area contributed by atoms with E-state index >= 15 is 0 Å². The van der Waals surface area contributed by atoms with Gasteiger partial charge in [-0.2, -0.15) is 0 Å². The molecule has 0 fully saturated rings. The zero-order chi connectivity index (χ0) is 29.7. The molecule has 2 amide bonds. The molecular weight excluding hydrogens is 538 g/mol. The quantitative estimate of drug-likeness (QED) is 0.244. The summed E-state index contributed by atoms with van der Waals surface area (Å²) >= 11 is 0. The molecule has 0 aliphatic heterocycles. The molecule has 0 bridgehead atoms. The molecule has 8 nitrogen and oxygen atoms in total. The van der Waals surface area contributed by atoms with E-state index in [1.807, 2.05) is 54.6 Å². The number of benzene rings is 3. The smallest absolute Gasteiger partial charge is 0.243 e. The number of unbranched alkanes of at least 4 members (excludes halogenated alkanes) is 1. The lowest BCUT2D eigenvalue weighted by atomic mass is 10.0. The molecule has 0 aliphatic carbocycles. The van der Waals surface area contributed by atoms with Crippen LogP contribution in [0, 0.1) is 0 Å². The SMILES string of the molecule is CCCCNC(=O)[C@@H](Cc1ccccc1)N(Cc1ccc(OC)cc1)C(=O)CCc1ccc(S(=O)(=O)NCC)cc1. The van der Waals surface area contributed by atoms with Crippen LogP contribution in [0.15, 0.2) is 83.8 Å². The molecule has 41 heavy (non-hydrogen) atoms. The molecule has 3 aromatic rings. The Kier molecular flexibility index (Phi) is 12.4. The molecule has 3 rings (SSSR count). The number of sulfonamides is 1. The third-order valence-electron chi connectivity index (χ3n) is 6.81. The van der Waals surface area contributed by atoms with Crippen molar-refractivity contribution < 1.29 is 22.7 Å². The lowest BCUT2D eigenvalue weighted by molar-refractivity contribution is -0.141. The fourth-order valence-electron chi connectivity index (χ4n) is 4.49. The number of nitrogens with zero attached hydrogens (tertiary/aromatic N) is 1. The molecule has 1 atom stereocenters. The van der Waals surface area contributed by atoms with Gasteiger partial charge in [0, 0.05) is 32.5 Å². The van der Waals surface area contributed by atoms with Gasteiger partial charge in [-0.3, -0.25) is 9.59 Å². The monoisotopic (exact) mass is 579 g/mol. The zero-order valence-corrected chi connectivity index (χ0v) is 25.0. The Morgan fingerprint density at radius 2 is 1.54 bits per heavy atom. The largest absolute Gasteiger partial charge is 0.497 e. The highest BCUT2D eigenvalue weighted by Gasteiger charge is 2.30. The van der Waals surface area contributed by atoms with E-state index in [0.717, 1.165) is 29.5 Å². The Balaban J connectivity index is 1.86. The molecule has 220 valence electrons. The van der Waals surface area contributed by atoms with E-state index in [1.54, 1.807) is 43.2 Å². The van der Waals surface area contributed by atoms with Crippen LogP contribution in [0.25, 0.3) is 0 Å². The highest BCUT2D eigenvalue weighted by atomic mass is 32.2. The van der Waals surface area contributed by atoms with Gasteiger partial charge in [-0.25, -0.2) is 13.1 Å². The highest BCUT2D eigenvalue weighted by molar-refractivity contribution is 7.89. The van der Waals surface area contributed by atoms with Crippen molar-refractivity contribution in [3.63, 3.8) is 0 Å². The van der Waals surface area contributed by atoms with Crippen molar-refractivity contribution in [2.24, 2.45) is 0 Å². The van der Waals surface area contributed by atoms with Gasteiger partial charge in [0.1, 0.15) is 11.8 Å². The summed E-state index contributed by atoms with van der Waals surface area (Å²) in [6, 6.07) is 23.0. The van der Waals surface area contributed by atoms with Gasteiger partial charge in [0.25, 0.3) is 0 Å². The van der Waals surface area contributed by atoms with Gasteiger partial charge in [-0.15, -0.1) is 0 Å². The number of rotatable bonds is 16. The van der Waals surface area contributed by atoms with E-state index < -0.39 is 16.1 Å². The van der Waals surface area contributed by atoms with Crippen LogP contribution < -0.4 is 14.8 Å². The average Bonchev–Trinajstić information content (AvgIpc) is 2.98. The molecule has 0 unspecified atom stereocenters. The maximum Gasteiger partial charge on any atom is 0.243 e. The summed E-state index contributed by atoms with van der Waals surface area (Å²) in [5.74, 6) is 0.378. The number of hydrogen-bond donors (Lipinski definition) is 2. The minimum atomic E-state index is -3.55. The van der Waals surface area contributed by atoms with Crippen LogP contribution in [-0.2, 0) is 39.0 Å². The maximum absolute atomic E-state index is 13.8. The normalized spacial score (nSPS) is 12.0. The predicted octanol–water partition coefficient (Wildman–Crippen LogP) is 4.48. The third kappa shape index (κ3) is 9.72. The summed E-state index contributed by atoms with van der Waals surface area (Å²) in [7, 11) is -1.95. The van der Waals surface area contributed by atoms with E-state index in [-0.39, 0.29) is 29.7 Å². The molecule has 0 radical (unpaired) electrons. The van der Waals surface area contributed by atoms with Crippen molar-refractivity contribution in [1.82, 2.24) is 14.9 Å². The summed E-state index contributed by atoms with van der Waals surface area (Å²) in [4.78, 5) is 29.2. The van der Waals surface area contributed by atoms with E-state index in [9.17, 15) is 18.0 Å². The molecule has 2 N–H and O–H groups in total. The van der Waals surface area contributed by atoms with Gasteiger partial charge in [0.05, 0.1) is 12.0 Å². The summed E-state index contributed by atoms with van der Waals surface area (Å²) in [6.07, 6.45) is 2.78. The fourth-order valence-corrected chi connectivity index (χ4v) is 5.53. The summed E-state index contributed by atoms with van der Waals surface area (Å²) in [6.45, 7) is 4.91. The lowest BCUT2D eigenvalue weighted by Gasteiger charge is -2.32. The van der Waals surface area contributed by atoms with Crippen molar-refractivity contribution in [3.05, 3.63) is 95.6 Å².